The van der Waals surface area contributed by atoms with Crippen molar-refractivity contribution in [3.05, 3.63) is 28.7 Å². The highest BCUT2D eigenvalue weighted by molar-refractivity contribution is 9.10. The molecular formula is C10H13BrO2. The Hall–Kier alpha value is -0.540. The molecular weight excluding hydrogens is 232 g/mol. The Bertz CT molecular complexity index is 263. The third kappa shape index (κ3) is 3.79. The fourth-order valence-corrected chi connectivity index (χ4v) is 1.42. The minimum atomic E-state index is 0.0827. The number of hydrogen-bond acceptors (Lipinski definition) is 2. The van der Waals surface area contributed by atoms with E-state index in [0.717, 1.165) is 10.2 Å². The van der Waals surface area contributed by atoms with Gasteiger partial charge in [0.2, 0.25) is 0 Å². The maximum absolute atomic E-state index is 5.58. The first-order valence-corrected chi connectivity index (χ1v) is 4.93. The second kappa shape index (κ2) is 5.25. The summed E-state index contributed by atoms with van der Waals surface area (Å²) in [6, 6.07) is 7.77. The highest BCUT2D eigenvalue weighted by Gasteiger charge is 2.02. The molecule has 3 heteroatoms. The summed E-state index contributed by atoms with van der Waals surface area (Å²) in [5, 5.41) is 0. The van der Waals surface area contributed by atoms with Crippen molar-refractivity contribution >= 4 is 15.9 Å². The predicted molar refractivity (Wildman–Crippen MR) is 56.1 cm³/mol. The number of hydrogen-bond donors (Lipinski definition) is 0. The molecule has 0 unspecified atom stereocenters. The highest BCUT2D eigenvalue weighted by Crippen LogP contribution is 2.18. The molecule has 2 nitrogen and oxygen atoms in total. The van der Waals surface area contributed by atoms with E-state index in [2.05, 4.69) is 15.9 Å². The summed E-state index contributed by atoms with van der Waals surface area (Å²) in [4.78, 5) is 0. The van der Waals surface area contributed by atoms with Crippen molar-refractivity contribution in [3.8, 4) is 5.75 Å². The van der Waals surface area contributed by atoms with Crippen LogP contribution in [0.1, 0.15) is 6.92 Å². The lowest BCUT2D eigenvalue weighted by Gasteiger charge is -2.13. The van der Waals surface area contributed by atoms with Crippen LogP contribution in [-0.4, -0.2) is 19.8 Å². The average molecular weight is 245 g/mol. The largest absolute Gasteiger partial charge is 0.488 e. The van der Waals surface area contributed by atoms with Crippen molar-refractivity contribution in [1.29, 1.82) is 0 Å². The SMILES string of the molecule is COC[C@@H](C)Oc1cccc(Br)c1. The molecule has 0 bridgehead atoms. The van der Waals surface area contributed by atoms with Gasteiger partial charge in [-0.25, -0.2) is 0 Å². The van der Waals surface area contributed by atoms with E-state index in [1.165, 1.54) is 0 Å². The van der Waals surface area contributed by atoms with E-state index in [4.69, 9.17) is 9.47 Å². The summed E-state index contributed by atoms with van der Waals surface area (Å²) in [5.74, 6) is 0.860. The molecule has 0 radical (unpaired) electrons. The zero-order valence-corrected chi connectivity index (χ0v) is 9.37. The van der Waals surface area contributed by atoms with Crippen LogP contribution in [0.4, 0.5) is 0 Å². The zero-order chi connectivity index (χ0) is 9.68. The fourth-order valence-electron chi connectivity index (χ4n) is 1.04. The van der Waals surface area contributed by atoms with Gasteiger partial charge in [0.15, 0.2) is 0 Å². The van der Waals surface area contributed by atoms with Crippen molar-refractivity contribution in [2.24, 2.45) is 0 Å². The van der Waals surface area contributed by atoms with Crippen LogP contribution in [0.25, 0.3) is 0 Å². The fraction of sp³-hybridized carbons (Fsp3) is 0.400. The normalized spacial score (nSPS) is 12.5. The van der Waals surface area contributed by atoms with Crippen molar-refractivity contribution in [2.45, 2.75) is 13.0 Å². The van der Waals surface area contributed by atoms with Crippen LogP contribution in [0.5, 0.6) is 5.75 Å². The summed E-state index contributed by atoms with van der Waals surface area (Å²) in [5.41, 5.74) is 0. The molecule has 0 aliphatic carbocycles. The molecule has 1 atom stereocenters. The van der Waals surface area contributed by atoms with Gasteiger partial charge in [0.1, 0.15) is 11.9 Å². The zero-order valence-electron chi connectivity index (χ0n) is 7.79. The maximum atomic E-state index is 5.58. The van der Waals surface area contributed by atoms with Crippen LogP contribution in [0.15, 0.2) is 28.7 Å². The topological polar surface area (TPSA) is 18.5 Å². The Balaban J connectivity index is 2.53. The number of ether oxygens (including phenoxy) is 2. The van der Waals surface area contributed by atoms with Gasteiger partial charge >= 0.3 is 0 Å². The van der Waals surface area contributed by atoms with Crippen LogP contribution in [0, 0.1) is 0 Å². The molecule has 0 aliphatic heterocycles. The minimum absolute atomic E-state index is 0.0827. The van der Waals surface area contributed by atoms with Gasteiger partial charge in [0, 0.05) is 11.6 Å². The van der Waals surface area contributed by atoms with E-state index in [1.54, 1.807) is 7.11 Å². The summed E-state index contributed by atoms with van der Waals surface area (Å²) in [6.45, 7) is 2.58. The van der Waals surface area contributed by atoms with Crippen LogP contribution < -0.4 is 4.74 Å². The third-order valence-electron chi connectivity index (χ3n) is 1.53. The summed E-state index contributed by atoms with van der Waals surface area (Å²) >= 11 is 3.38. The lowest BCUT2D eigenvalue weighted by molar-refractivity contribution is 0.0920. The number of benzene rings is 1. The maximum Gasteiger partial charge on any atom is 0.120 e. The Morgan fingerprint density at radius 3 is 2.85 bits per heavy atom. The van der Waals surface area contributed by atoms with Crippen molar-refractivity contribution in [2.75, 3.05) is 13.7 Å². The number of rotatable bonds is 4. The van der Waals surface area contributed by atoms with Gasteiger partial charge in [0.05, 0.1) is 6.61 Å². The van der Waals surface area contributed by atoms with Gasteiger partial charge in [-0.2, -0.15) is 0 Å². The van der Waals surface area contributed by atoms with E-state index in [0.29, 0.717) is 6.61 Å². The van der Waals surface area contributed by atoms with Gasteiger partial charge in [-0.1, -0.05) is 22.0 Å². The Morgan fingerprint density at radius 2 is 2.23 bits per heavy atom. The van der Waals surface area contributed by atoms with Gasteiger partial charge in [-0.15, -0.1) is 0 Å². The molecule has 72 valence electrons. The standard InChI is InChI=1S/C10H13BrO2/c1-8(7-12-2)13-10-5-3-4-9(11)6-10/h3-6,8H,7H2,1-2H3/t8-/m1/s1. The average Bonchev–Trinajstić information content (AvgIpc) is 2.04. The Labute approximate surface area is 87.0 Å². The highest BCUT2D eigenvalue weighted by atomic mass is 79.9. The second-order valence-corrected chi connectivity index (χ2v) is 3.76. The smallest absolute Gasteiger partial charge is 0.120 e. The van der Waals surface area contributed by atoms with Crippen molar-refractivity contribution < 1.29 is 9.47 Å². The first kappa shape index (κ1) is 10.5. The van der Waals surface area contributed by atoms with E-state index in [-0.39, 0.29) is 6.10 Å². The van der Waals surface area contributed by atoms with E-state index in [9.17, 15) is 0 Å². The van der Waals surface area contributed by atoms with E-state index < -0.39 is 0 Å². The third-order valence-corrected chi connectivity index (χ3v) is 2.03. The Kier molecular flexibility index (Phi) is 4.25. The van der Waals surface area contributed by atoms with Gasteiger partial charge < -0.3 is 9.47 Å². The monoisotopic (exact) mass is 244 g/mol. The molecule has 1 aromatic carbocycles. The molecule has 0 saturated heterocycles. The van der Waals surface area contributed by atoms with Crippen LogP contribution in [-0.2, 0) is 4.74 Å². The summed E-state index contributed by atoms with van der Waals surface area (Å²) in [6.07, 6.45) is 0.0827. The molecule has 0 amide bonds. The van der Waals surface area contributed by atoms with Crippen molar-refractivity contribution in [1.82, 2.24) is 0 Å². The molecule has 0 aliphatic rings. The molecule has 0 heterocycles. The number of halogens is 1. The van der Waals surface area contributed by atoms with E-state index in [1.807, 2.05) is 31.2 Å². The molecule has 0 fully saturated rings. The summed E-state index contributed by atoms with van der Waals surface area (Å²) in [7, 11) is 1.67. The van der Waals surface area contributed by atoms with Crippen LogP contribution in [0.3, 0.4) is 0 Å². The predicted octanol–water partition coefficient (Wildman–Crippen LogP) is 2.86. The van der Waals surface area contributed by atoms with Gasteiger partial charge in [-0.3, -0.25) is 0 Å². The first-order chi connectivity index (χ1) is 6.22. The molecule has 0 spiro atoms. The van der Waals surface area contributed by atoms with Crippen LogP contribution in [0.2, 0.25) is 0 Å². The molecule has 1 aromatic rings. The molecule has 0 saturated carbocycles. The molecule has 1 rings (SSSR count). The molecule has 0 aromatic heterocycles. The lowest BCUT2D eigenvalue weighted by atomic mass is 10.3. The first-order valence-electron chi connectivity index (χ1n) is 4.13. The molecule has 13 heavy (non-hydrogen) atoms. The Morgan fingerprint density at radius 1 is 1.46 bits per heavy atom. The van der Waals surface area contributed by atoms with Gasteiger partial charge in [0.25, 0.3) is 0 Å². The second-order valence-electron chi connectivity index (χ2n) is 2.84. The van der Waals surface area contributed by atoms with E-state index >= 15 is 0 Å². The minimum Gasteiger partial charge on any atom is -0.488 e. The molecule has 0 N–H and O–H groups in total. The quantitative estimate of drug-likeness (QED) is 0.812. The number of methoxy groups -OCH3 is 1. The lowest BCUT2D eigenvalue weighted by Crippen LogP contribution is -2.17. The van der Waals surface area contributed by atoms with Crippen molar-refractivity contribution in [3.63, 3.8) is 0 Å². The summed E-state index contributed by atoms with van der Waals surface area (Å²) < 4.78 is 11.6. The van der Waals surface area contributed by atoms with Gasteiger partial charge in [-0.05, 0) is 25.1 Å². The van der Waals surface area contributed by atoms with Crippen LogP contribution >= 0.6 is 15.9 Å².